The van der Waals surface area contributed by atoms with E-state index in [-0.39, 0.29) is 5.78 Å². The topological polar surface area (TPSA) is 62.0 Å². The van der Waals surface area contributed by atoms with E-state index in [1.807, 2.05) is 60.8 Å². The molecule has 122 valence electrons. The highest BCUT2D eigenvalue weighted by molar-refractivity contribution is 5.88. The highest BCUT2D eigenvalue weighted by atomic mass is 16.1. The van der Waals surface area contributed by atoms with Gasteiger partial charge in [-0.1, -0.05) is 48.5 Å². The zero-order valence-electron chi connectivity index (χ0n) is 13.4. The van der Waals surface area contributed by atoms with Crippen molar-refractivity contribution in [2.24, 2.45) is 0 Å². The molecule has 3 rings (SSSR count). The van der Waals surface area contributed by atoms with Gasteiger partial charge >= 0.3 is 0 Å². The number of carbonyl (C=O) groups is 2. The van der Waals surface area contributed by atoms with Crippen LogP contribution >= 0.6 is 0 Å². The molecule has 0 fully saturated rings. The van der Waals surface area contributed by atoms with Crippen molar-refractivity contribution in [1.82, 2.24) is 10.3 Å². The Morgan fingerprint density at radius 1 is 1.08 bits per heavy atom. The van der Waals surface area contributed by atoms with Crippen LogP contribution < -0.4 is 5.32 Å². The van der Waals surface area contributed by atoms with Gasteiger partial charge < -0.3 is 10.3 Å². The first kappa shape index (κ1) is 16.0. The van der Waals surface area contributed by atoms with Crippen LogP contribution in [0.15, 0.2) is 60.8 Å². The van der Waals surface area contributed by atoms with Crippen molar-refractivity contribution >= 4 is 23.1 Å². The average Bonchev–Trinajstić information content (AvgIpc) is 3.03. The molecule has 0 spiro atoms. The number of amides is 1. The van der Waals surface area contributed by atoms with Crippen molar-refractivity contribution < 1.29 is 9.59 Å². The third-order valence-electron chi connectivity index (χ3n) is 4.26. The number of H-pyrrole nitrogens is 1. The first-order chi connectivity index (χ1) is 11.8. The molecule has 0 radical (unpaired) electrons. The van der Waals surface area contributed by atoms with Crippen LogP contribution in [0.4, 0.5) is 0 Å². The van der Waals surface area contributed by atoms with Gasteiger partial charge in [-0.25, -0.2) is 0 Å². The number of nitrogens with one attached hydrogen (secondary N) is 2. The van der Waals surface area contributed by atoms with Gasteiger partial charge in [-0.15, -0.1) is 0 Å². The molecule has 3 aromatic rings. The number of benzene rings is 2. The summed E-state index contributed by atoms with van der Waals surface area (Å²) < 4.78 is 0. The Morgan fingerprint density at radius 3 is 2.62 bits per heavy atom. The fourth-order valence-electron chi connectivity index (χ4n) is 2.95. The van der Waals surface area contributed by atoms with Gasteiger partial charge in [-0.05, 0) is 23.6 Å². The van der Waals surface area contributed by atoms with E-state index in [1.54, 1.807) is 0 Å². The van der Waals surface area contributed by atoms with E-state index in [1.165, 1.54) is 0 Å². The van der Waals surface area contributed by atoms with E-state index >= 15 is 0 Å². The van der Waals surface area contributed by atoms with Crippen LogP contribution in [0.3, 0.4) is 0 Å². The predicted octanol–water partition coefficient (Wildman–Crippen LogP) is 3.03. The summed E-state index contributed by atoms with van der Waals surface area (Å²) in [4.78, 5) is 26.7. The molecule has 0 aliphatic heterocycles. The Morgan fingerprint density at radius 2 is 1.83 bits per heavy atom. The quantitative estimate of drug-likeness (QED) is 0.627. The maximum Gasteiger partial charge on any atom is 0.207 e. The largest absolute Gasteiger partial charge is 0.361 e. The van der Waals surface area contributed by atoms with Crippen LogP contribution in [0.1, 0.15) is 17.5 Å². The van der Waals surface area contributed by atoms with Crippen molar-refractivity contribution in [3.63, 3.8) is 0 Å². The molecule has 1 atom stereocenters. The van der Waals surface area contributed by atoms with Crippen LogP contribution in [-0.4, -0.2) is 23.2 Å². The van der Waals surface area contributed by atoms with Crippen molar-refractivity contribution in [3.8, 4) is 0 Å². The number of Topliss-reactive ketones (excluding diaryl/α,β-unsaturated/α-hetero) is 1. The van der Waals surface area contributed by atoms with Gasteiger partial charge in [0, 0.05) is 29.9 Å². The van der Waals surface area contributed by atoms with E-state index in [9.17, 15) is 9.59 Å². The van der Waals surface area contributed by atoms with Gasteiger partial charge in [0.05, 0.1) is 6.04 Å². The summed E-state index contributed by atoms with van der Waals surface area (Å²) in [5, 5.41) is 3.77. The van der Waals surface area contributed by atoms with Gasteiger partial charge in [0.25, 0.3) is 0 Å². The first-order valence-corrected chi connectivity index (χ1v) is 8.09. The van der Waals surface area contributed by atoms with Crippen molar-refractivity contribution in [2.75, 3.05) is 0 Å². The van der Waals surface area contributed by atoms with Gasteiger partial charge in [0.2, 0.25) is 6.41 Å². The summed E-state index contributed by atoms with van der Waals surface area (Å²) in [6.07, 6.45) is 4.12. The lowest BCUT2D eigenvalue weighted by atomic mass is 9.97. The SMILES string of the molecule is O=CNC(Cc1c[nH]c2ccccc12)C(=O)CCc1ccccc1. The number of hydrogen-bond acceptors (Lipinski definition) is 2. The third-order valence-corrected chi connectivity index (χ3v) is 4.26. The second kappa shape index (κ2) is 7.59. The first-order valence-electron chi connectivity index (χ1n) is 8.09. The number of ketones is 1. The summed E-state index contributed by atoms with van der Waals surface area (Å²) in [6, 6.07) is 17.4. The second-order valence-corrected chi connectivity index (χ2v) is 5.85. The molecule has 2 aromatic carbocycles. The number of carbonyl (C=O) groups excluding carboxylic acids is 2. The van der Waals surface area contributed by atoms with Crippen LogP contribution in [-0.2, 0) is 22.4 Å². The summed E-state index contributed by atoms with van der Waals surface area (Å²) in [6.45, 7) is 0. The van der Waals surface area contributed by atoms with Crippen LogP contribution in [0.2, 0.25) is 0 Å². The smallest absolute Gasteiger partial charge is 0.207 e. The van der Waals surface area contributed by atoms with Crippen LogP contribution in [0.5, 0.6) is 0 Å². The maximum absolute atomic E-state index is 12.5. The minimum Gasteiger partial charge on any atom is -0.361 e. The van der Waals surface area contributed by atoms with E-state index in [0.29, 0.717) is 25.7 Å². The molecule has 0 saturated carbocycles. The van der Waals surface area contributed by atoms with Gasteiger partial charge in [0.1, 0.15) is 0 Å². The van der Waals surface area contributed by atoms with Crippen molar-refractivity contribution in [2.45, 2.75) is 25.3 Å². The molecule has 0 aliphatic rings. The molecule has 0 saturated heterocycles. The normalized spacial score (nSPS) is 12.0. The maximum atomic E-state index is 12.5. The molecular formula is C20H20N2O2. The Hall–Kier alpha value is -2.88. The second-order valence-electron chi connectivity index (χ2n) is 5.85. The summed E-state index contributed by atoms with van der Waals surface area (Å²) in [5.74, 6) is 0.0521. The summed E-state index contributed by atoms with van der Waals surface area (Å²) >= 11 is 0. The molecule has 0 bridgehead atoms. The standard InChI is InChI=1S/C20H20N2O2/c23-14-22-19(20(24)11-10-15-6-2-1-3-7-15)12-16-13-21-18-9-5-4-8-17(16)18/h1-9,13-14,19,21H,10-12H2,(H,22,23). The highest BCUT2D eigenvalue weighted by Gasteiger charge is 2.19. The molecule has 1 unspecified atom stereocenters. The monoisotopic (exact) mass is 320 g/mol. The van der Waals surface area contributed by atoms with Gasteiger partial charge in [-0.2, -0.15) is 0 Å². The van der Waals surface area contributed by atoms with Crippen molar-refractivity contribution in [1.29, 1.82) is 0 Å². The number of aromatic amines is 1. The van der Waals surface area contributed by atoms with E-state index < -0.39 is 6.04 Å². The number of aryl methyl sites for hydroxylation is 1. The summed E-state index contributed by atoms with van der Waals surface area (Å²) in [7, 11) is 0. The average molecular weight is 320 g/mol. The van der Waals surface area contributed by atoms with Gasteiger partial charge in [0.15, 0.2) is 5.78 Å². The fourth-order valence-corrected chi connectivity index (χ4v) is 2.95. The molecule has 1 amide bonds. The van der Waals surface area contributed by atoms with Crippen LogP contribution in [0.25, 0.3) is 10.9 Å². The Balaban J connectivity index is 1.69. The molecule has 0 aliphatic carbocycles. The highest BCUT2D eigenvalue weighted by Crippen LogP contribution is 2.19. The molecule has 2 N–H and O–H groups in total. The van der Waals surface area contributed by atoms with E-state index in [0.717, 1.165) is 22.0 Å². The van der Waals surface area contributed by atoms with E-state index in [2.05, 4.69) is 10.3 Å². The minimum atomic E-state index is -0.495. The lowest BCUT2D eigenvalue weighted by Gasteiger charge is -2.14. The fraction of sp³-hybridized carbons (Fsp3) is 0.200. The number of rotatable bonds is 8. The lowest BCUT2D eigenvalue weighted by molar-refractivity contribution is -0.123. The Kier molecular flexibility index (Phi) is 5.06. The van der Waals surface area contributed by atoms with Gasteiger partial charge in [-0.3, -0.25) is 9.59 Å². The Labute approximate surface area is 140 Å². The predicted molar refractivity (Wildman–Crippen MR) is 94.8 cm³/mol. The molecule has 4 nitrogen and oxygen atoms in total. The number of para-hydroxylation sites is 1. The molecule has 4 heteroatoms. The van der Waals surface area contributed by atoms with Crippen LogP contribution in [0, 0.1) is 0 Å². The lowest BCUT2D eigenvalue weighted by Crippen LogP contribution is -2.37. The Bertz CT molecular complexity index is 824. The number of hydrogen-bond donors (Lipinski definition) is 2. The molecule has 24 heavy (non-hydrogen) atoms. The number of fused-ring (bicyclic) bond motifs is 1. The molecule has 1 heterocycles. The third kappa shape index (κ3) is 3.71. The minimum absolute atomic E-state index is 0.0521. The zero-order chi connectivity index (χ0) is 16.8. The number of aromatic nitrogens is 1. The zero-order valence-corrected chi connectivity index (χ0v) is 13.4. The van der Waals surface area contributed by atoms with E-state index in [4.69, 9.17) is 0 Å². The molecular weight excluding hydrogens is 300 g/mol. The molecule has 1 aromatic heterocycles. The van der Waals surface area contributed by atoms with Crippen molar-refractivity contribution in [3.05, 3.63) is 71.9 Å². The summed E-state index contributed by atoms with van der Waals surface area (Å²) in [5.41, 5.74) is 3.20.